The fourth-order valence-electron chi connectivity index (χ4n) is 1.14. The van der Waals surface area contributed by atoms with E-state index in [4.69, 9.17) is 5.73 Å². The quantitative estimate of drug-likeness (QED) is 0.857. The molecule has 0 aliphatic carbocycles. The van der Waals surface area contributed by atoms with Crippen LogP contribution in [0.4, 0.5) is 0 Å². The normalized spacial score (nSPS) is 12.8. The van der Waals surface area contributed by atoms with Crippen LogP contribution >= 0.6 is 15.9 Å². The first-order valence-electron chi connectivity index (χ1n) is 4.33. The highest BCUT2D eigenvalue weighted by Gasteiger charge is 2.04. The van der Waals surface area contributed by atoms with E-state index in [-0.39, 0.29) is 6.04 Å². The summed E-state index contributed by atoms with van der Waals surface area (Å²) < 4.78 is 0.745. The molecule has 1 atom stereocenters. The van der Waals surface area contributed by atoms with Gasteiger partial charge in [0.25, 0.3) is 0 Å². The molecule has 1 rings (SSSR count). The zero-order valence-corrected chi connectivity index (χ0v) is 9.21. The number of aryl methyl sites for hydroxylation is 1. The summed E-state index contributed by atoms with van der Waals surface area (Å²) in [5.74, 6) is 0.336. The van der Waals surface area contributed by atoms with Crippen LogP contribution < -0.4 is 5.73 Å². The molecular formula is C10H14BrNO. The van der Waals surface area contributed by atoms with Crippen molar-refractivity contribution in [1.82, 2.24) is 0 Å². The van der Waals surface area contributed by atoms with Gasteiger partial charge in [-0.2, -0.15) is 0 Å². The van der Waals surface area contributed by atoms with E-state index in [2.05, 4.69) is 15.9 Å². The first kappa shape index (κ1) is 10.5. The molecule has 0 saturated carbocycles. The van der Waals surface area contributed by atoms with Gasteiger partial charge in [0, 0.05) is 6.04 Å². The van der Waals surface area contributed by atoms with Gasteiger partial charge in [-0.25, -0.2) is 0 Å². The highest BCUT2D eigenvalue weighted by atomic mass is 79.9. The lowest BCUT2D eigenvalue weighted by molar-refractivity contribution is 0.462. The third kappa shape index (κ3) is 3.01. The van der Waals surface area contributed by atoms with Crippen molar-refractivity contribution in [2.24, 2.45) is 5.73 Å². The smallest absolute Gasteiger partial charge is 0.132 e. The monoisotopic (exact) mass is 243 g/mol. The number of phenols is 1. The van der Waals surface area contributed by atoms with Gasteiger partial charge in [-0.1, -0.05) is 12.1 Å². The molecule has 0 aliphatic rings. The molecule has 0 radical (unpaired) electrons. The molecule has 0 unspecified atom stereocenters. The Balaban J connectivity index is 2.71. The lowest BCUT2D eigenvalue weighted by Gasteiger charge is -2.07. The van der Waals surface area contributed by atoms with Gasteiger partial charge in [0.15, 0.2) is 0 Å². The minimum absolute atomic E-state index is 0.179. The predicted octanol–water partition coefficient (Wildman–Crippen LogP) is 2.43. The fourth-order valence-corrected chi connectivity index (χ4v) is 1.55. The molecule has 0 bridgehead atoms. The van der Waals surface area contributed by atoms with Crippen molar-refractivity contribution in [2.45, 2.75) is 25.8 Å². The van der Waals surface area contributed by atoms with Gasteiger partial charge in [-0.05, 0) is 47.3 Å². The average Bonchev–Trinajstić information content (AvgIpc) is 2.07. The molecule has 72 valence electrons. The fraction of sp³-hybridized carbons (Fsp3) is 0.400. The summed E-state index contributed by atoms with van der Waals surface area (Å²) in [7, 11) is 0. The number of halogens is 1. The third-order valence-electron chi connectivity index (χ3n) is 1.94. The summed E-state index contributed by atoms with van der Waals surface area (Å²) in [5, 5.41) is 9.62. The van der Waals surface area contributed by atoms with E-state index in [9.17, 15) is 5.11 Å². The van der Waals surface area contributed by atoms with Crippen LogP contribution in [0.5, 0.6) is 5.75 Å². The first-order valence-corrected chi connectivity index (χ1v) is 5.12. The van der Waals surface area contributed by atoms with Crippen molar-refractivity contribution in [3.05, 3.63) is 28.2 Å². The molecule has 0 aromatic heterocycles. The van der Waals surface area contributed by atoms with E-state index < -0.39 is 0 Å². The zero-order valence-electron chi connectivity index (χ0n) is 7.63. The SMILES string of the molecule is C[C@@H](N)CCc1cccc(Br)c1O. The summed E-state index contributed by atoms with van der Waals surface area (Å²) >= 11 is 3.27. The van der Waals surface area contributed by atoms with Gasteiger partial charge in [0.1, 0.15) is 5.75 Å². The van der Waals surface area contributed by atoms with Crippen LogP contribution in [0.15, 0.2) is 22.7 Å². The predicted molar refractivity (Wildman–Crippen MR) is 57.8 cm³/mol. The van der Waals surface area contributed by atoms with E-state index in [1.165, 1.54) is 0 Å². The number of nitrogens with two attached hydrogens (primary N) is 1. The number of hydrogen-bond acceptors (Lipinski definition) is 2. The number of aromatic hydroxyl groups is 1. The second-order valence-electron chi connectivity index (χ2n) is 3.26. The minimum Gasteiger partial charge on any atom is -0.506 e. The number of hydrogen-bond donors (Lipinski definition) is 2. The Bertz CT molecular complexity index is 286. The Morgan fingerprint density at radius 2 is 2.23 bits per heavy atom. The number of benzene rings is 1. The van der Waals surface area contributed by atoms with E-state index in [1.54, 1.807) is 0 Å². The van der Waals surface area contributed by atoms with E-state index in [0.29, 0.717) is 5.75 Å². The lowest BCUT2D eigenvalue weighted by atomic mass is 10.1. The number of para-hydroxylation sites is 1. The second-order valence-corrected chi connectivity index (χ2v) is 4.12. The van der Waals surface area contributed by atoms with Crippen LogP contribution in [0.1, 0.15) is 18.9 Å². The summed E-state index contributed by atoms with van der Waals surface area (Å²) in [5.41, 5.74) is 6.59. The van der Waals surface area contributed by atoms with Gasteiger partial charge in [-0.15, -0.1) is 0 Å². The lowest BCUT2D eigenvalue weighted by Crippen LogP contribution is -2.15. The Kier molecular flexibility index (Phi) is 3.75. The highest BCUT2D eigenvalue weighted by Crippen LogP contribution is 2.28. The van der Waals surface area contributed by atoms with Crippen LogP contribution in [0.2, 0.25) is 0 Å². The molecule has 13 heavy (non-hydrogen) atoms. The standard InChI is InChI=1S/C10H14BrNO/c1-7(12)5-6-8-3-2-4-9(11)10(8)13/h2-4,7,13H,5-6,12H2,1H3/t7-/m1/s1. The van der Waals surface area contributed by atoms with Crippen molar-refractivity contribution in [3.63, 3.8) is 0 Å². The summed E-state index contributed by atoms with van der Waals surface area (Å²) in [6.07, 6.45) is 1.72. The third-order valence-corrected chi connectivity index (χ3v) is 2.58. The van der Waals surface area contributed by atoms with E-state index in [1.807, 2.05) is 25.1 Å². The van der Waals surface area contributed by atoms with Crippen molar-refractivity contribution in [1.29, 1.82) is 0 Å². The number of phenolic OH excluding ortho intramolecular Hbond substituents is 1. The average molecular weight is 244 g/mol. The molecule has 1 aromatic rings. The van der Waals surface area contributed by atoms with E-state index in [0.717, 1.165) is 22.9 Å². The largest absolute Gasteiger partial charge is 0.506 e. The van der Waals surface area contributed by atoms with Crippen LogP contribution in [0, 0.1) is 0 Å². The maximum atomic E-state index is 9.62. The van der Waals surface area contributed by atoms with Gasteiger partial charge < -0.3 is 10.8 Å². The van der Waals surface area contributed by atoms with Crippen molar-refractivity contribution < 1.29 is 5.11 Å². The molecule has 1 aromatic carbocycles. The zero-order chi connectivity index (χ0) is 9.84. The molecule has 2 nitrogen and oxygen atoms in total. The van der Waals surface area contributed by atoms with Crippen molar-refractivity contribution in [2.75, 3.05) is 0 Å². The Morgan fingerprint density at radius 3 is 2.85 bits per heavy atom. The van der Waals surface area contributed by atoms with E-state index >= 15 is 0 Å². The summed E-state index contributed by atoms with van der Waals surface area (Å²) in [4.78, 5) is 0. The number of rotatable bonds is 3. The first-order chi connectivity index (χ1) is 6.11. The van der Waals surface area contributed by atoms with Crippen LogP contribution in [-0.2, 0) is 6.42 Å². The van der Waals surface area contributed by atoms with Gasteiger partial charge in [-0.3, -0.25) is 0 Å². The topological polar surface area (TPSA) is 46.2 Å². The second kappa shape index (κ2) is 4.63. The molecule has 0 fully saturated rings. The van der Waals surface area contributed by atoms with Gasteiger partial charge in [0.2, 0.25) is 0 Å². The van der Waals surface area contributed by atoms with Gasteiger partial charge in [0.05, 0.1) is 4.47 Å². The molecule has 0 amide bonds. The minimum atomic E-state index is 0.179. The van der Waals surface area contributed by atoms with Gasteiger partial charge >= 0.3 is 0 Å². The molecular weight excluding hydrogens is 230 g/mol. The maximum Gasteiger partial charge on any atom is 0.132 e. The van der Waals surface area contributed by atoms with Crippen LogP contribution in [0.25, 0.3) is 0 Å². The molecule has 0 saturated heterocycles. The summed E-state index contributed by atoms with van der Waals surface area (Å²) in [6, 6.07) is 5.84. The van der Waals surface area contributed by atoms with Crippen LogP contribution in [-0.4, -0.2) is 11.1 Å². The maximum absolute atomic E-state index is 9.62. The molecule has 3 heteroatoms. The molecule has 0 aliphatic heterocycles. The Morgan fingerprint density at radius 1 is 1.54 bits per heavy atom. The summed E-state index contributed by atoms with van der Waals surface area (Å²) in [6.45, 7) is 1.97. The molecule has 3 N–H and O–H groups in total. The Labute approximate surface area is 86.9 Å². The molecule has 0 heterocycles. The molecule has 0 spiro atoms. The Hall–Kier alpha value is -0.540. The van der Waals surface area contributed by atoms with Crippen LogP contribution in [0.3, 0.4) is 0 Å². The van der Waals surface area contributed by atoms with Crippen molar-refractivity contribution >= 4 is 15.9 Å². The highest BCUT2D eigenvalue weighted by molar-refractivity contribution is 9.10. The van der Waals surface area contributed by atoms with Crippen molar-refractivity contribution in [3.8, 4) is 5.75 Å².